The maximum Gasteiger partial charge on any atom is 0.309 e. The van der Waals surface area contributed by atoms with Crippen LogP contribution in [0.5, 0.6) is 0 Å². The number of fused-ring (bicyclic) bond motifs is 1. The van der Waals surface area contributed by atoms with Crippen LogP contribution in [0.1, 0.15) is 55.7 Å². The number of nitrogens with one attached hydrogen (secondary N) is 2. The van der Waals surface area contributed by atoms with Gasteiger partial charge in [-0.2, -0.15) is 0 Å². The van der Waals surface area contributed by atoms with Gasteiger partial charge >= 0.3 is 5.97 Å². The molecule has 22 heavy (non-hydrogen) atoms. The van der Waals surface area contributed by atoms with E-state index in [2.05, 4.69) is 15.3 Å². The third-order valence-corrected chi connectivity index (χ3v) is 4.96. The molecule has 1 aliphatic heterocycles. The van der Waals surface area contributed by atoms with Crippen LogP contribution in [-0.2, 0) is 29.1 Å². The number of hydrogen-bond acceptors (Lipinski definition) is 4. The van der Waals surface area contributed by atoms with Gasteiger partial charge in [0.15, 0.2) is 0 Å². The molecule has 3 rings (SSSR count). The van der Waals surface area contributed by atoms with Crippen molar-refractivity contribution in [1.29, 1.82) is 0 Å². The Balaban J connectivity index is 1.32. The minimum Gasteiger partial charge on any atom is -0.481 e. The summed E-state index contributed by atoms with van der Waals surface area (Å²) >= 11 is 0. The first-order chi connectivity index (χ1) is 10.7. The highest BCUT2D eigenvalue weighted by atomic mass is 16.5. The number of nitrogens with zero attached hydrogens (tertiary/aromatic N) is 1. The number of carboxylic acids is 1. The molecule has 122 valence electrons. The lowest BCUT2D eigenvalue weighted by atomic mass is 9.66. The number of hydrogen-bond donors (Lipinski definition) is 3. The third-order valence-electron chi connectivity index (χ3n) is 4.96. The number of unbranched alkanes of at least 4 members (excludes halogenated alkanes) is 1. The van der Waals surface area contributed by atoms with E-state index < -0.39 is 11.4 Å². The van der Waals surface area contributed by atoms with Crippen LogP contribution in [0.3, 0.4) is 0 Å². The summed E-state index contributed by atoms with van der Waals surface area (Å²) in [6, 6.07) is 0. The second-order valence-electron chi connectivity index (χ2n) is 6.48. The van der Waals surface area contributed by atoms with E-state index in [-0.39, 0.29) is 0 Å². The van der Waals surface area contributed by atoms with Gasteiger partial charge in [0.05, 0.1) is 36.6 Å². The molecule has 0 saturated heterocycles. The van der Waals surface area contributed by atoms with Gasteiger partial charge in [0.2, 0.25) is 0 Å². The molecule has 3 N–H and O–H groups in total. The number of carboxylic acid groups (broad SMARTS) is 1. The van der Waals surface area contributed by atoms with Crippen LogP contribution in [0, 0.1) is 5.41 Å². The van der Waals surface area contributed by atoms with Crippen molar-refractivity contribution in [1.82, 2.24) is 15.3 Å². The second-order valence-corrected chi connectivity index (χ2v) is 6.48. The highest BCUT2D eigenvalue weighted by molar-refractivity contribution is 5.75. The summed E-state index contributed by atoms with van der Waals surface area (Å²) in [5, 5.41) is 12.7. The largest absolute Gasteiger partial charge is 0.481 e. The SMILES string of the molecule is O=C(O)C1(CCCCNCc2nc3c([nH]2)COCC3)CCC1. The summed E-state index contributed by atoms with van der Waals surface area (Å²) in [4.78, 5) is 19.1. The van der Waals surface area contributed by atoms with Gasteiger partial charge in [-0.15, -0.1) is 0 Å². The zero-order valence-electron chi connectivity index (χ0n) is 13.0. The van der Waals surface area contributed by atoms with E-state index >= 15 is 0 Å². The fourth-order valence-corrected chi connectivity index (χ4v) is 3.35. The summed E-state index contributed by atoms with van der Waals surface area (Å²) < 4.78 is 5.39. The third kappa shape index (κ3) is 3.33. The van der Waals surface area contributed by atoms with Crippen molar-refractivity contribution in [3.05, 3.63) is 17.2 Å². The molecule has 1 aliphatic carbocycles. The standard InChI is InChI=1S/C16H25N3O3/c20-15(21)16(6-3-7-16)5-1-2-8-17-10-14-18-12-4-9-22-11-13(12)19-14/h17H,1-11H2,(H,18,19)(H,20,21). The van der Waals surface area contributed by atoms with Crippen LogP contribution in [0.15, 0.2) is 0 Å². The van der Waals surface area contributed by atoms with Gasteiger partial charge in [0, 0.05) is 6.42 Å². The lowest BCUT2D eigenvalue weighted by molar-refractivity contribution is -0.155. The molecular weight excluding hydrogens is 282 g/mol. The minimum absolute atomic E-state index is 0.403. The first kappa shape index (κ1) is 15.5. The molecule has 2 aliphatic rings. The molecular formula is C16H25N3O3. The Morgan fingerprint density at radius 1 is 1.41 bits per heavy atom. The Kier molecular flexibility index (Phi) is 4.78. The number of rotatable bonds is 8. The molecule has 2 heterocycles. The van der Waals surface area contributed by atoms with Gasteiger partial charge in [0.1, 0.15) is 5.82 Å². The Bertz CT molecular complexity index is 499. The van der Waals surface area contributed by atoms with Gasteiger partial charge in [-0.05, 0) is 32.2 Å². The molecule has 0 atom stereocenters. The van der Waals surface area contributed by atoms with Gasteiger partial charge in [-0.3, -0.25) is 4.79 Å². The second kappa shape index (κ2) is 6.79. The van der Waals surface area contributed by atoms with Gasteiger partial charge < -0.3 is 20.1 Å². The molecule has 1 fully saturated rings. The van der Waals surface area contributed by atoms with E-state index in [1.54, 1.807) is 0 Å². The lowest BCUT2D eigenvalue weighted by Crippen LogP contribution is -2.37. The van der Waals surface area contributed by atoms with Gasteiger partial charge in [0.25, 0.3) is 0 Å². The van der Waals surface area contributed by atoms with Crippen molar-refractivity contribution in [2.45, 2.75) is 58.1 Å². The van der Waals surface area contributed by atoms with Crippen LogP contribution < -0.4 is 5.32 Å². The molecule has 0 bridgehead atoms. The number of imidazole rings is 1. The normalized spacial score (nSPS) is 19.5. The molecule has 1 saturated carbocycles. The molecule has 0 unspecified atom stereocenters. The lowest BCUT2D eigenvalue weighted by Gasteiger charge is -2.37. The van der Waals surface area contributed by atoms with Crippen LogP contribution in [0.25, 0.3) is 0 Å². The smallest absolute Gasteiger partial charge is 0.309 e. The zero-order chi connectivity index (χ0) is 15.4. The predicted molar refractivity (Wildman–Crippen MR) is 81.4 cm³/mol. The summed E-state index contributed by atoms with van der Waals surface area (Å²) in [7, 11) is 0. The van der Waals surface area contributed by atoms with Crippen molar-refractivity contribution in [2.75, 3.05) is 13.2 Å². The predicted octanol–water partition coefficient (Wildman–Crippen LogP) is 2.00. The first-order valence-corrected chi connectivity index (χ1v) is 8.28. The van der Waals surface area contributed by atoms with Crippen molar-refractivity contribution in [2.24, 2.45) is 5.41 Å². The fourth-order valence-electron chi connectivity index (χ4n) is 3.35. The minimum atomic E-state index is -0.602. The van der Waals surface area contributed by atoms with E-state index in [0.717, 1.165) is 81.9 Å². The Morgan fingerprint density at radius 3 is 2.95 bits per heavy atom. The molecule has 1 aromatic rings. The van der Waals surface area contributed by atoms with Crippen LogP contribution >= 0.6 is 0 Å². The van der Waals surface area contributed by atoms with Gasteiger partial charge in [-0.1, -0.05) is 12.8 Å². The van der Waals surface area contributed by atoms with E-state index in [1.165, 1.54) is 0 Å². The molecule has 0 amide bonds. The van der Waals surface area contributed by atoms with Crippen LogP contribution in [0.2, 0.25) is 0 Å². The number of aromatic nitrogens is 2. The molecule has 1 aromatic heterocycles. The topological polar surface area (TPSA) is 87.2 Å². The average molecular weight is 307 g/mol. The maximum atomic E-state index is 11.3. The van der Waals surface area contributed by atoms with E-state index in [0.29, 0.717) is 6.61 Å². The Labute approximate surface area is 130 Å². The number of aromatic amines is 1. The molecule has 6 heteroatoms. The van der Waals surface area contributed by atoms with Crippen molar-refractivity contribution in [3.63, 3.8) is 0 Å². The quantitative estimate of drug-likeness (QED) is 0.639. The number of ether oxygens (including phenoxy) is 1. The summed E-state index contributed by atoms with van der Waals surface area (Å²) in [5.41, 5.74) is 1.84. The van der Waals surface area contributed by atoms with Crippen molar-refractivity contribution < 1.29 is 14.6 Å². The Morgan fingerprint density at radius 2 is 2.27 bits per heavy atom. The average Bonchev–Trinajstić information content (AvgIpc) is 2.87. The first-order valence-electron chi connectivity index (χ1n) is 8.28. The Hall–Kier alpha value is -1.40. The molecule has 0 radical (unpaired) electrons. The monoisotopic (exact) mass is 307 g/mol. The fraction of sp³-hybridized carbons (Fsp3) is 0.750. The van der Waals surface area contributed by atoms with Gasteiger partial charge in [-0.25, -0.2) is 4.98 Å². The van der Waals surface area contributed by atoms with Crippen molar-refractivity contribution >= 4 is 5.97 Å². The maximum absolute atomic E-state index is 11.3. The van der Waals surface area contributed by atoms with E-state index in [1.807, 2.05) is 0 Å². The number of carbonyl (C=O) groups is 1. The number of H-pyrrole nitrogens is 1. The van der Waals surface area contributed by atoms with E-state index in [9.17, 15) is 9.90 Å². The van der Waals surface area contributed by atoms with Crippen LogP contribution in [-0.4, -0.2) is 34.2 Å². The summed E-state index contributed by atoms with van der Waals surface area (Å²) in [6.45, 7) is 3.03. The highest BCUT2D eigenvalue weighted by Gasteiger charge is 2.43. The molecule has 6 nitrogen and oxygen atoms in total. The van der Waals surface area contributed by atoms with E-state index in [4.69, 9.17) is 4.74 Å². The van der Waals surface area contributed by atoms with Crippen LogP contribution in [0.4, 0.5) is 0 Å². The van der Waals surface area contributed by atoms with Crippen molar-refractivity contribution in [3.8, 4) is 0 Å². The summed E-state index contributed by atoms with van der Waals surface area (Å²) in [6.07, 6.45) is 6.48. The zero-order valence-corrected chi connectivity index (χ0v) is 13.0. The summed E-state index contributed by atoms with van der Waals surface area (Å²) in [5.74, 6) is 0.367. The molecule has 0 aromatic carbocycles. The highest BCUT2D eigenvalue weighted by Crippen LogP contribution is 2.45. The number of aliphatic carboxylic acids is 1. The molecule has 0 spiro atoms.